The predicted molar refractivity (Wildman–Crippen MR) is 231 cm³/mol. The van der Waals surface area contributed by atoms with Crippen molar-refractivity contribution in [2.24, 2.45) is 0 Å². The second-order valence-corrected chi connectivity index (χ2v) is 17.1. The van der Waals surface area contributed by atoms with Crippen LogP contribution >= 0.6 is 7.75 Å². The highest BCUT2D eigenvalue weighted by atomic mass is 31.2. The van der Waals surface area contributed by atoms with E-state index in [-0.39, 0.29) is 96.6 Å². The number of nitrogens with zero attached hydrogens (tertiary/aromatic N) is 4. The van der Waals surface area contributed by atoms with Crippen molar-refractivity contribution >= 4 is 67.3 Å². The topological polar surface area (TPSA) is 420 Å². The number of nitrogens with one attached hydrogen (secondary N) is 4. The number of carbonyl (C=O) groups is 10. The number of amides is 3. The summed E-state index contributed by atoms with van der Waals surface area (Å²) in [5.74, 6) is -11.5. The molecule has 1 aromatic rings. The van der Waals surface area contributed by atoms with Gasteiger partial charge in [0.05, 0.1) is 32.8 Å². The van der Waals surface area contributed by atoms with Crippen LogP contribution in [0.1, 0.15) is 48.0 Å². The molecular weight excluding hydrogens is 931 g/mol. The van der Waals surface area contributed by atoms with Crippen molar-refractivity contribution in [3.05, 3.63) is 35.4 Å². The predicted octanol–water partition coefficient (Wildman–Crippen LogP) is -3.23. The SMILES string of the molecule is O=C(O)CC[C@H](NP(=O)(O)OCCC(NC(=O)CC[C@H](NC(=O)c1ccc(CCNC(=O)CN2CCN(CC(=O)O)CCN(CC(=O)O)CCN(CC(=O)O)CC2)cc1)C(=O)O)C(=O)O)C(=O)O. The largest absolute Gasteiger partial charge is 0.481 e. The van der Waals surface area contributed by atoms with Gasteiger partial charge in [-0.2, -0.15) is 0 Å². The highest BCUT2D eigenvalue weighted by Crippen LogP contribution is 2.38. The van der Waals surface area contributed by atoms with Crippen LogP contribution in [0.2, 0.25) is 0 Å². The van der Waals surface area contributed by atoms with Gasteiger partial charge in [0.1, 0.15) is 18.1 Å². The lowest BCUT2D eigenvalue weighted by Gasteiger charge is -2.32. The Hall–Kier alpha value is -6.13. The van der Waals surface area contributed by atoms with Crippen LogP contribution in [-0.2, 0) is 58.7 Å². The Morgan fingerprint density at radius 2 is 0.971 bits per heavy atom. The lowest BCUT2D eigenvalue weighted by atomic mass is 10.1. The first-order chi connectivity index (χ1) is 31.9. The van der Waals surface area contributed by atoms with E-state index in [1.807, 2.05) is 0 Å². The average molecular weight is 991 g/mol. The number of hydrogen-bond donors (Lipinski definition) is 12. The molecule has 2 unspecified atom stereocenters. The van der Waals surface area contributed by atoms with Crippen LogP contribution in [0.4, 0.5) is 0 Å². The molecule has 29 heteroatoms. The van der Waals surface area contributed by atoms with Crippen LogP contribution in [0.3, 0.4) is 0 Å². The summed E-state index contributed by atoms with van der Waals surface area (Å²) in [7, 11) is -4.88. The molecule has 1 aliphatic rings. The molecule has 1 heterocycles. The van der Waals surface area contributed by atoms with Crippen molar-refractivity contribution in [2.75, 3.05) is 91.7 Å². The highest BCUT2D eigenvalue weighted by Gasteiger charge is 2.31. The van der Waals surface area contributed by atoms with Gasteiger partial charge in [0.15, 0.2) is 0 Å². The maximum absolute atomic E-state index is 13.0. The second kappa shape index (κ2) is 29.6. The normalized spacial score (nSPS) is 16.8. The van der Waals surface area contributed by atoms with Gasteiger partial charge in [-0.25, -0.2) is 19.2 Å². The maximum Gasteiger partial charge on any atom is 0.403 e. The second-order valence-electron chi connectivity index (χ2n) is 15.5. The molecule has 0 radical (unpaired) electrons. The molecule has 1 saturated heterocycles. The van der Waals surface area contributed by atoms with Gasteiger partial charge in [0, 0.05) is 83.7 Å². The number of benzene rings is 1. The summed E-state index contributed by atoms with van der Waals surface area (Å²) in [5, 5.41) is 74.3. The molecular formula is C39H59N8O20P. The van der Waals surface area contributed by atoms with Crippen molar-refractivity contribution < 1.29 is 97.7 Å². The summed E-state index contributed by atoms with van der Waals surface area (Å²) in [6.45, 7) is 0.176. The quantitative estimate of drug-likeness (QED) is 0.0351. The van der Waals surface area contributed by atoms with E-state index in [9.17, 15) is 82.9 Å². The van der Waals surface area contributed by atoms with Crippen molar-refractivity contribution in [1.82, 2.24) is 40.6 Å². The van der Waals surface area contributed by atoms with Crippen LogP contribution < -0.4 is 21.0 Å². The molecule has 1 fully saturated rings. The molecule has 0 saturated carbocycles. The number of carboxylic acids is 7. The summed E-state index contributed by atoms with van der Waals surface area (Å²) in [6.07, 6.45) is -2.60. The summed E-state index contributed by atoms with van der Waals surface area (Å²) >= 11 is 0. The smallest absolute Gasteiger partial charge is 0.403 e. The summed E-state index contributed by atoms with van der Waals surface area (Å²) in [6, 6.07) is 0.842. The third-order valence-corrected chi connectivity index (χ3v) is 11.3. The standard InChI is InChI=1S/C39H59N8O20P/c48-30(41-28(38(61)62)10-20-67-68(65,66)43-29(39(63)64)6-8-32(50)51)7-5-27(37(59)60)42-36(58)26-3-1-25(2-4-26)9-11-40-31(49)21-44-12-14-45(22-33(52)53)16-18-47(24-35(56)57)19-17-46(15-13-44)23-34(54)55/h1-4,27-29H,5-24H2,(H,40,49)(H,41,48)(H,42,58)(H,50,51)(H,52,53)(H,54,55)(H,56,57)(H,59,60)(H,61,62)(H,63,64)(H2,43,65,66)/t27-,28?,29-/m0/s1. The Labute approximate surface area is 388 Å². The van der Waals surface area contributed by atoms with Crippen LogP contribution in [0.5, 0.6) is 0 Å². The van der Waals surface area contributed by atoms with Crippen LogP contribution in [0.15, 0.2) is 24.3 Å². The van der Waals surface area contributed by atoms with Gasteiger partial charge in [-0.15, -0.1) is 0 Å². The number of carbonyl (C=O) groups excluding carboxylic acids is 3. The first-order valence-electron chi connectivity index (χ1n) is 21.1. The summed E-state index contributed by atoms with van der Waals surface area (Å²) in [4.78, 5) is 135. The van der Waals surface area contributed by atoms with Gasteiger partial charge in [-0.3, -0.25) is 62.5 Å². The minimum atomic E-state index is -4.88. The Kier molecular flexibility index (Phi) is 25.2. The third kappa shape index (κ3) is 24.6. The van der Waals surface area contributed by atoms with E-state index in [0.717, 1.165) is 0 Å². The van der Waals surface area contributed by atoms with E-state index in [1.54, 1.807) is 36.8 Å². The molecule has 0 spiro atoms. The molecule has 2 rings (SSSR count). The van der Waals surface area contributed by atoms with Crippen molar-refractivity contribution in [2.45, 2.75) is 56.7 Å². The fourth-order valence-electron chi connectivity index (χ4n) is 6.55. The first-order valence-corrected chi connectivity index (χ1v) is 22.7. The molecule has 28 nitrogen and oxygen atoms in total. The zero-order chi connectivity index (χ0) is 51.0. The molecule has 0 aromatic heterocycles. The van der Waals surface area contributed by atoms with Crippen molar-refractivity contribution in [3.63, 3.8) is 0 Å². The highest BCUT2D eigenvalue weighted by molar-refractivity contribution is 7.50. The van der Waals surface area contributed by atoms with E-state index in [2.05, 4.69) is 16.0 Å². The summed E-state index contributed by atoms with van der Waals surface area (Å²) < 4.78 is 17.0. The lowest BCUT2D eigenvalue weighted by Crippen LogP contribution is -2.49. The Balaban J connectivity index is 1.91. The molecule has 0 aliphatic carbocycles. The van der Waals surface area contributed by atoms with Gasteiger partial charge < -0.3 is 56.6 Å². The zero-order valence-electron chi connectivity index (χ0n) is 36.9. The molecule has 1 aliphatic heterocycles. The number of hydrogen-bond acceptors (Lipinski definition) is 16. The van der Waals surface area contributed by atoms with Gasteiger partial charge in [-0.05, 0) is 37.0 Å². The summed E-state index contributed by atoms with van der Waals surface area (Å²) in [5.41, 5.74) is 0.729. The monoisotopic (exact) mass is 990 g/mol. The molecule has 3 amide bonds. The van der Waals surface area contributed by atoms with Gasteiger partial charge in [-0.1, -0.05) is 12.1 Å². The van der Waals surface area contributed by atoms with Crippen molar-refractivity contribution in [1.29, 1.82) is 0 Å². The number of rotatable bonds is 29. The molecule has 4 atom stereocenters. The number of carboxylic acid groups (broad SMARTS) is 7. The Morgan fingerprint density at radius 3 is 1.40 bits per heavy atom. The van der Waals surface area contributed by atoms with Gasteiger partial charge in [0.2, 0.25) is 11.8 Å². The minimum Gasteiger partial charge on any atom is -0.481 e. The van der Waals surface area contributed by atoms with E-state index in [1.165, 1.54) is 12.1 Å². The molecule has 12 N–H and O–H groups in total. The first kappa shape index (κ1) is 58.0. The van der Waals surface area contributed by atoms with Crippen LogP contribution in [0, 0.1) is 0 Å². The van der Waals surface area contributed by atoms with E-state index < -0.39 is 118 Å². The fourth-order valence-corrected chi connectivity index (χ4v) is 7.61. The Bertz CT molecular complexity index is 1940. The number of aliphatic carboxylic acids is 7. The third-order valence-electron chi connectivity index (χ3n) is 10.2. The minimum absolute atomic E-state index is 0.0467. The maximum atomic E-state index is 13.0. The van der Waals surface area contributed by atoms with Crippen LogP contribution in [0.25, 0.3) is 0 Å². The zero-order valence-corrected chi connectivity index (χ0v) is 37.8. The Morgan fingerprint density at radius 1 is 0.544 bits per heavy atom. The van der Waals surface area contributed by atoms with E-state index in [0.29, 0.717) is 12.0 Å². The van der Waals surface area contributed by atoms with Crippen LogP contribution in [-0.4, -0.2) is 230 Å². The van der Waals surface area contributed by atoms with E-state index in [4.69, 9.17) is 14.7 Å². The molecule has 380 valence electrons. The average Bonchev–Trinajstić information content (AvgIpc) is 3.23. The molecule has 1 aromatic carbocycles. The molecule has 0 bridgehead atoms. The van der Waals surface area contributed by atoms with Crippen molar-refractivity contribution in [3.8, 4) is 0 Å². The fraction of sp³-hybridized carbons (Fsp3) is 0.590. The lowest BCUT2D eigenvalue weighted by molar-refractivity contribution is -0.143. The van der Waals surface area contributed by atoms with Gasteiger partial charge in [0.25, 0.3) is 5.91 Å². The molecule has 68 heavy (non-hydrogen) atoms. The van der Waals surface area contributed by atoms with Gasteiger partial charge >= 0.3 is 49.5 Å². The van der Waals surface area contributed by atoms with E-state index >= 15 is 0 Å².